The number of rotatable bonds is 6. The van der Waals surface area contributed by atoms with E-state index in [1.54, 1.807) is 0 Å². The molecule has 250 valence electrons. The van der Waals surface area contributed by atoms with E-state index in [4.69, 9.17) is 4.98 Å². The van der Waals surface area contributed by atoms with E-state index in [1.165, 1.54) is 38.5 Å². The number of para-hydroxylation sites is 3. The lowest BCUT2D eigenvalue weighted by Gasteiger charge is -2.25. The average molecular weight is 679 g/mol. The zero-order valence-electron chi connectivity index (χ0n) is 29.2. The predicted octanol–water partition coefficient (Wildman–Crippen LogP) is 13.0. The highest BCUT2D eigenvalue weighted by Gasteiger charge is 2.18. The fourth-order valence-electron chi connectivity index (χ4n) is 7.94. The van der Waals surface area contributed by atoms with Crippen LogP contribution in [0.15, 0.2) is 188 Å². The second-order valence-electron chi connectivity index (χ2n) is 13.5. The van der Waals surface area contributed by atoms with Gasteiger partial charge in [-0.2, -0.15) is 0 Å². The number of hydrogen-bond donors (Lipinski definition) is 0. The summed E-state index contributed by atoms with van der Waals surface area (Å²) >= 11 is 0. The Labute approximate surface area is 307 Å². The number of hydrogen-bond acceptors (Lipinski definition) is 3. The van der Waals surface area contributed by atoms with Gasteiger partial charge in [-0.15, -0.1) is 0 Å². The van der Waals surface area contributed by atoms with Crippen molar-refractivity contribution in [2.45, 2.75) is 6.92 Å². The van der Waals surface area contributed by atoms with Crippen molar-refractivity contribution < 1.29 is 0 Å². The molecule has 3 aromatic heterocycles. The largest absolute Gasteiger partial charge is 0.310 e. The van der Waals surface area contributed by atoms with Gasteiger partial charge >= 0.3 is 0 Å². The summed E-state index contributed by atoms with van der Waals surface area (Å²) in [5, 5.41) is 4.66. The smallest absolute Gasteiger partial charge is 0.0970 e. The summed E-state index contributed by atoms with van der Waals surface area (Å²) in [4.78, 5) is 11.7. The van der Waals surface area contributed by atoms with Gasteiger partial charge in [0.05, 0.1) is 22.1 Å². The number of anilines is 3. The van der Waals surface area contributed by atoms with Crippen molar-refractivity contribution in [1.29, 1.82) is 0 Å². The molecule has 0 aliphatic carbocycles. The quantitative estimate of drug-likeness (QED) is 0.164. The molecule has 0 bridgehead atoms. The maximum Gasteiger partial charge on any atom is 0.0970 e. The Hall–Kier alpha value is -7.04. The van der Waals surface area contributed by atoms with E-state index in [1.807, 2.05) is 24.5 Å². The van der Waals surface area contributed by atoms with Crippen LogP contribution in [0.1, 0.15) is 5.56 Å². The lowest BCUT2D eigenvalue weighted by Crippen LogP contribution is -2.09. The summed E-state index contributed by atoms with van der Waals surface area (Å²) < 4.78 is 2.40. The molecule has 53 heavy (non-hydrogen) atoms. The van der Waals surface area contributed by atoms with Crippen molar-refractivity contribution >= 4 is 60.7 Å². The van der Waals surface area contributed by atoms with Crippen LogP contribution in [0.5, 0.6) is 0 Å². The Morgan fingerprint density at radius 1 is 0.434 bits per heavy atom. The number of fused-ring (bicyclic) bond motifs is 6. The molecular weight excluding hydrogens is 645 g/mol. The first-order valence-electron chi connectivity index (χ1n) is 18.0. The molecule has 0 amide bonds. The Kier molecular flexibility index (Phi) is 7.33. The number of aromatic nitrogens is 3. The average Bonchev–Trinajstić information content (AvgIpc) is 3.55. The van der Waals surface area contributed by atoms with Crippen LogP contribution in [-0.4, -0.2) is 14.5 Å². The van der Waals surface area contributed by atoms with Crippen LogP contribution in [0, 0.1) is 6.92 Å². The highest BCUT2D eigenvalue weighted by molar-refractivity contribution is 6.11. The van der Waals surface area contributed by atoms with Gasteiger partial charge in [-0.05, 0) is 114 Å². The lowest BCUT2D eigenvalue weighted by atomic mass is 9.94. The minimum Gasteiger partial charge on any atom is -0.310 e. The van der Waals surface area contributed by atoms with Gasteiger partial charge in [0.2, 0.25) is 0 Å². The van der Waals surface area contributed by atoms with E-state index in [9.17, 15) is 0 Å². The first-order chi connectivity index (χ1) is 26.2. The number of nitrogens with zero attached hydrogens (tertiary/aromatic N) is 4. The summed E-state index contributed by atoms with van der Waals surface area (Å²) in [7, 11) is 0. The summed E-state index contributed by atoms with van der Waals surface area (Å²) in [5.74, 6) is 0. The standard InChI is InChI=1S/C49H34N4/c1-33-30-39(24-26-41(33)34-20-22-35(23-21-34)44-31-36-12-10-28-50-48(36)49-43(44)18-11-29-51-49)53-46-19-9-8-17-42(46)45-32-40(25-27-47(45)53)52(37-13-4-2-5-14-37)38-15-6-3-7-16-38/h2-32H,1H3. The molecule has 0 saturated heterocycles. The zero-order chi connectivity index (χ0) is 35.3. The molecule has 10 aromatic rings. The number of benzene rings is 7. The van der Waals surface area contributed by atoms with Gasteiger partial charge in [-0.3, -0.25) is 9.97 Å². The van der Waals surface area contributed by atoms with Gasteiger partial charge in [-0.25, -0.2) is 0 Å². The molecule has 0 radical (unpaired) electrons. The van der Waals surface area contributed by atoms with Crippen LogP contribution in [0.3, 0.4) is 0 Å². The van der Waals surface area contributed by atoms with Crippen molar-refractivity contribution in [2.24, 2.45) is 0 Å². The second-order valence-corrected chi connectivity index (χ2v) is 13.5. The Morgan fingerprint density at radius 2 is 1.06 bits per heavy atom. The maximum atomic E-state index is 4.71. The van der Waals surface area contributed by atoms with E-state index in [0.29, 0.717) is 0 Å². The Balaban J connectivity index is 1.04. The number of pyridine rings is 2. The van der Waals surface area contributed by atoms with Gasteiger partial charge in [0, 0.05) is 56.7 Å². The van der Waals surface area contributed by atoms with E-state index in [0.717, 1.165) is 55.7 Å². The van der Waals surface area contributed by atoms with Crippen LogP contribution in [0.2, 0.25) is 0 Å². The fraction of sp³-hybridized carbons (Fsp3) is 0.0204. The monoisotopic (exact) mass is 678 g/mol. The topological polar surface area (TPSA) is 34.0 Å². The van der Waals surface area contributed by atoms with Crippen molar-refractivity contribution in [3.8, 4) is 27.9 Å². The van der Waals surface area contributed by atoms with E-state index in [2.05, 4.69) is 185 Å². The van der Waals surface area contributed by atoms with Crippen molar-refractivity contribution in [2.75, 3.05) is 4.90 Å². The third-order valence-electron chi connectivity index (χ3n) is 10.4. The first kappa shape index (κ1) is 30.8. The molecular formula is C49H34N4. The molecule has 4 heteroatoms. The molecule has 0 fully saturated rings. The molecule has 10 rings (SSSR count). The summed E-state index contributed by atoms with van der Waals surface area (Å²) in [6, 6.07) is 63.0. The van der Waals surface area contributed by atoms with Crippen molar-refractivity contribution in [1.82, 2.24) is 14.5 Å². The summed E-state index contributed by atoms with van der Waals surface area (Å²) in [5.41, 5.74) is 14.7. The molecule has 0 aliphatic rings. The SMILES string of the molecule is Cc1cc(-n2c3ccccc3c3cc(N(c4ccccc4)c4ccccc4)ccc32)ccc1-c1ccc(-c2cc3cccnc3c3ncccc23)cc1. The van der Waals surface area contributed by atoms with Gasteiger partial charge in [0.25, 0.3) is 0 Å². The van der Waals surface area contributed by atoms with Crippen LogP contribution < -0.4 is 4.90 Å². The zero-order valence-corrected chi connectivity index (χ0v) is 29.2. The lowest BCUT2D eigenvalue weighted by molar-refractivity contribution is 1.17. The normalized spacial score (nSPS) is 11.5. The third kappa shape index (κ3) is 5.23. The van der Waals surface area contributed by atoms with E-state index >= 15 is 0 Å². The molecule has 0 unspecified atom stereocenters. The molecule has 0 aliphatic heterocycles. The predicted molar refractivity (Wildman–Crippen MR) is 222 cm³/mol. The molecule has 0 atom stereocenters. The van der Waals surface area contributed by atoms with Crippen molar-refractivity contribution in [3.05, 3.63) is 194 Å². The maximum absolute atomic E-state index is 4.71. The summed E-state index contributed by atoms with van der Waals surface area (Å²) in [6.45, 7) is 2.21. The minimum atomic E-state index is 0.933. The molecule has 0 saturated carbocycles. The molecule has 0 spiro atoms. The third-order valence-corrected chi connectivity index (χ3v) is 10.4. The van der Waals surface area contributed by atoms with Gasteiger partial charge < -0.3 is 9.47 Å². The highest BCUT2D eigenvalue weighted by Crippen LogP contribution is 2.40. The molecule has 7 aromatic carbocycles. The van der Waals surface area contributed by atoms with Gasteiger partial charge in [-0.1, -0.05) is 97.1 Å². The van der Waals surface area contributed by atoms with Crippen molar-refractivity contribution in [3.63, 3.8) is 0 Å². The minimum absolute atomic E-state index is 0.933. The van der Waals surface area contributed by atoms with E-state index < -0.39 is 0 Å². The van der Waals surface area contributed by atoms with Crippen LogP contribution in [0.25, 0.3) is 71.6 Å². The second kappa shape index (κ2) is 12.6. The molecule has 0 N–H and O–H groups in total. The Morgan fingerprint density at radius 3 is 1.79 bits per heavy atom. The highest BCUT2D eigenvalue weighted by atomic mass is 15.1. The van der Waals surface area contributed by atoms with Crippen LogP contribution in [0.4, 0.5) is 17.1 Å². The van der Waals surface area contributed by atoms with Gasteiger partial charge in [0.1, 0.15) is 0 Å². The van der Waals surface area contributed by atoms with Crippen LogP contribution >= 0.6 is 0 Å². The van der Waals surface area contributed by atoms with Gasteiger partial charge in [0.15, 0.2) is 0 Å². The van der Waals surface area contributed by atoms with Crippen LogP contribution in [-0.2, 0) is 0 Å². The first-order valence-corrected chi connectivity index (χ1v) is 18.0. The van der Waals surface area contributed by atoms with E-state index in [-0.39, 0.29) is 0 Å². The molecule has 3 heterocycles. The summed E-state index contributed by atoms with van der Waals surface area (Å²) in [6.07, 6.45) is 3.68. The fourth-order valence-corrected chi connectivity index (χ4v) is 7.94. The molecule has 4 nitrogen and oxygen atoms in total. The number of aryl methyl sites for hydroxylation is 1. The Bertz CT molecular complexity index is 2910.